The first-order chi connectivity index (χ1) is 9.36. The van der Waals surface area contributed by atoms with Gasteiger partial charge in [-0.2, -0.15) is 4.98 Å². The van der Waals surface area contributed by atoms with E-state index in [0.717, 1.165) is 23.7 Å². The molecule has 0 amide bonds. The molecular formula is C15H19N3O. The molecule has 0 radical (unpaired) electrons. The van der Waals surface area contributed by atoms with Crippen molar-refractivity contribution in [2.75, 3.05) is 12.4 Å². The number of para-hydroxylation sites is 1. The minimum absolute atomic E-state index is 0.303. The predicted octanol–water partition coefficient (Wildman–Crippen LogP) is 3.38. The van der Waals surface area contributed by atoms with Crippen molar-refractivity contribution in [1.82, 2.24) is 9.97 Å². The summed E-state index contributed by atoms with van der Waals surface area (Å²) in [6.45, 7) is 0. The molecular weight excluding hydrogens is 238 g/mol. The molecule has 1 aromatic heterocycles. The second-order valence-corrected chi connectivity index (χ2v) is 5.00. The summed E-state index contributed by atoms with van der Waals surface area (Å²) in [5.41, 5.74) is 0.924. The summed E-state index contributed by atoms with van der Waals surface area (Å²) in [7, 11) is 1.83. The van der Waals surface area contributed by atoms with E-state index in [2.05, 4.69) is 15.3 Å². The van der Waals surface area contributed by atoms with Gasteiger partial charge < -0.3 is 10.1 Å². The average Bonchev–Trinajstić information content (AvgIpc) is 2.48. The molecule has 0 atom stereocenters. The maximum atomic E-state index is 6.12. The highest BCUT2D eigenvalue weighted by Crippen LogP contribution is 2.28. The van der Waals surface area contributed by atoms with Crippen molar-refractivity contribution in [2.45, 2.75) is 38.2 Å². The number of nitrogens with one attached hydrogen (secondary N) is 1. The summed E-state index contributed by atoms with van der Waals surface area (Å²) in [6, 6.07) is 8.00. The van der Waals surface area contributed by atoms with Crippen molar-refractivity contribution in [3.63, 3.8) is 0 Å². The lowest BCUT2D eigenvalue weighted by Crippen LogP contribution is -2.20. The summed E-state index contributed by atoms with van der Waals surface area (Å²) in [6.07, 6.45) is 6.41. The molecule has 2 aromatic rings. The number of hydrogen-bond donors (Lipinski definition) is 1. The van der Waals surface area contributed by atoms with Crippen molar-refractivity contribution in [1.29, 1.82) is 0 Å². The predicted molar refractivity (Wildman–Crippen MR) is 76.6 cm³/mol. The van der Waals surface area contributed by atoms with Crippen molar-refractivity contribution in [2.24, 2.45) is 0 Å². The average molecular weight is 257 g/mol. The third kappa shape index (κ3) is 2.62. The Hall–Kier alpha value is -1.84. The molecule has 1 saturated carbocycles. The first-order valence-electron chi connectivity index (χ1n) is 6.98. The standard InChI is InChI=1S/C15H19N3O/c1-16-15-17-13-10-6-5-9-12(13)14(18-15)19-11-7-3-2-4-8-11/h5-6,9-11H,2-4,7-8H2,1H3,(H,16,17,18). The van der Waals surface area contributed by atoms with Crippen LogP contribution in [0.4, 0.5) is 5.95 Å². The Labute approximate surface area is 113 Å². The van der Waals surface area contributed by atoms with E-state index in [1.165, 1.54) is 19.3 Å². The van der Waals surface area contributed by atoms with E-state index in [1.807, 2.05) is 31.3 Å². The van der Waals surface area contributed by atoms with Gasteiger partial charge >= 0.3 is 0 Å². The van der Waals surface area contributed by atoms with E-state index in [0.29, 0.717) is 17.9 Å². The smallest absolute Gasteiger partial charge is 0.226 e. The van der Waals surface area contributed by atoms with Crippen LogP contribution < -0.4 is 10.1 Å². The van der Waals surface area contributed by atoms with Gasteiger partial charge in [-0.1, -0.05) is 18.6 Å². The van der Waals surface area contributed by atoms with Gasteiger partial charge in [0, 0.05) is 7.05 Å². The van der Waals surface area contributed by atoms with Crippen LogP contribution in [0, 0.1) is 0 Å². The highest BCUT2D eigenvalue weighted by molar-refractivity contribution is 5.84. The third-order valence-electron chi connectivity index (χ3n) is 3.62. The summed E-state index contributed by atoms with van der Waals surface area (Å²) in [4.78, 5) is 8.91. The van der Waals surface area contributed by atoms with Gasteiger partial charge in [0.05, 0.1) is 10.9 Å². The Kier molecular flexibility index (Phi) is 3.49. The fraction of sp³-hybridized carbons (Fsp3) is 0.467. The van der Waals surface area contributed by atoms with Gasteiger partial charge in [-0.15, -0.1) is 0 Å². The maximum absolute atomic E-state index is 6.12. The van der Waals surface area contributed by atoms with Crippen LogP contribution >= 0.6 is 0 Å². The summed E-state index contributed by atoms with van der Waals surface area (Å²) >= 11 is 0. The molecule has 0 aliphatic heterocycles. The largest absolute Gasteiger partial charge is 0.474 e. The molecule has 0 unspecified atom stereocenters. The maximum Gasteiger partial charge on any atom is 0.226 e. The van der Waals surface area contributed by atoms with Crippen LogP contribution in [0.2, 0.25) is 0 Å². The number of ether oxygens (including phenoxy) is 1. The first kappa shape index (κ1) is 12.2. The zero-order valence-electron chi connectivity index (χ0n) is 11.2. The van der Waals surface area contributed by atoms with Crippen LogP contribution in [0.1, 0.15) is 32.1 Å². The van der Waals surface area contributed by atoms with Crippen LogP contribution in [-0.4, -0.2) is 23.1 Å². The second-order valence-electron chi connectivity index (χ2n) is 5.00. The van der Waals surface area contributed by atoms with Gasteiger partial charge in [0.2, 0.25) is 11.8 Å². The SMILES string of the molecule is CNc1nc(OC2CCCCC2)c2ccccc2n1. The van der Waals surface area contributed by atoms with Crippen LogP contribution in [-0.2, 0) is 0 Å². The number of benzene rings is 1. The molecule has 1 aliphatic carbocycles. The van der Waals surface area contributed by atoms with Gasteiger partial charge in [0.1, 0.15) is 6.10 Å². The van der Waals surface area contributed by atoms with E-state index in [1.54, 1.807) is 0 Å². The number of aromatic nitrogens is 2. The van der Waals surface area contributed by atoms with Gasteiger partial charge in [0.15, 0.2) is 0 Å². The molecule has 4 heteroatoms. The van der Waals surface area contributed by atoms with Crippen molar-refractivity contribution >= 4 is 16.9 Å². The van der Waals surface area contributed by atoms with Crippen LogP contribution in [0.5, 0.6) is 5.88 Å². The van der Waals surface area contributed by atoms with E-state index in [9.17, 15) is 0 Å². The zero-order valence-corrected chi connectivity index (χ0v) is 11.2. The van der Waals surface area contributed by atoms with Crippen molar-refractivity contribution < 1.29 is 4.74 Å². The Morgan fingerprint density at radius 2 is 1.89 bits per heavy atom. The van der Waals surface area contributed by atoms with Crippen molar-refractivity contribution in [3.8, 4) is 5.88 Å². The molecule has 0 saturated heterocycles. The van der Waals surface area contributed by atoms with Gasteiger partial charge in [-0.25, -0.2) is 4.98 Å². The second kappa shape index (κ2) is 5.43. The highest BCUT2D eigenvalue weighted by atomic mass is 16.5. The molecule has 1 N–H and O–H groups in total. The highest BCUT2D eigenvalue weighted by Gasteiger charge is 2.17. The summed E-state index contributed by atoms with van der Waals surface area (Å²) < 4.78 is 6.12. The zero-order chi connectivity index (χ0) is 13.1. The topological polar surface area (TPSA) is 47.0 Å². The molecule has 100 valence electrons. The minimum atomic E-state index is 0.303. The Morgan fingerprint density at radius 3 is 2.68 bits per heavy atom. The lowest BCUT2D eigenvalue weighted by Gasteiger charge is -2.23. The minimum Gasteiger partial charge on any atom is -0.474 e. The van der Waals surface area contributed by atoms with E-state index in [4.69, 9.17) is 4.74 Å². The lowest BCUT2D eigenvalue weighted by molar-refractivity contribution is 0.151. The summed E-state index contributed by atoms with van der Waals surface area (Å²) in [5, 5.41) is 3.99. The van der Waals surface area contributed by atoms with E-state index < -0.39 is 0 Å². The Bertz CT molecular complexity index is 564. The number of nitrogens with zero attached hydrogens (tertiary/aromatic N) is 2. The number of anilines is 1. The quantitative estimate of drug-likeness (QED) is 0.915. The monoisotopic (exact) mass is 257 g/mol. The van der Waals surface area contributed by atoms with E-state index >= 15 is 0 Å². The summed E-state index contributed by atoms with van der Waals surface area (Å²) in [5.74, 6) is 1.33. The van der Waals surface area contributed by atoms with Gasteiger partial charge in [-0.05, 0) is 37.8 Å². The number of rotatable bonds is 3. The molecule has 1 aliphatic rings. The van der Waals surface area contributed by atoms with Gasteiger partial charge in [-0.3, -0.25) is 0 Å². The van der Waals surface area contributed by atoms with Crippen LogP contribution in [0.15, 0.2) is 24.3 Å². The van der Waals surface area contributed by atoms with Crippen LogP contribution in [0.25, 0.3) is 10.9 Å². The molecule has 4 nitrogen and oxygen atoms in total. The normalized spacial score (nSPS) is 16.5. The third-order valence-corrected chi connectivity index (χ3v) is 3.62. The molecule has 0 bridgehead atoms. The molecule has 0 spiro atoms. The van der Waals surface area contributed by atoms with Crippen molar-refractivity contribution in [3.05, 3.63) is 24.3 Å². The first-order valence-corrected chi connectivity index (χ1v) is 6.98. The molecule has 3 rings (SSSR count). The lowest BCUT2D eigenvalue weighted by atomic mass is 9.98. The van der Waals surface area contributed by atoms with E-state index in [-0.39, 0.29) is 0 Å². The van der Waals surface area contributed by atoms with Gasteiger partial charge in [0.25, 0.3) is 0 Å². The fourth-order valence-corrected chi connectivity index (χ4v) is 2.59. The Morgan fingerprint density at radius 1 is 1.11 bits per heavy atom. The Balaban J connectivity index is 1.95. The number of fused-ring (bicyclic) bond motifs is 1. The van der Waals surface area contributed by atoms with Crippen LogP contribution in [0.3, 0.4) is 0 Å². The fourth-order valence-electron chi connectivity index (χ4n) is 2.59. The molecule has 1 heterocycles. The molecule has 19 heavy (non-hydrogen) atoms. The molecule has 1 aromatic carbocycles. The molecule has 1 fully saturated rings. The number of hydrogen-bond acceptors (Lipinski definition) is 4.